The molecule has 2 rings (SSSR count). The number of thiophene rings is 1. The van der Waals surface area contributed by atoms with Crippen molar-refractivity contribution in [3.05, 3.63) is 51.7 Å². The number of hydrogen-bond acceptors (Lipinski definition) is 5. The number of amides is 1. The molecule has 0 aliphatic carbocycles. The molecule has 1 aromatic heterocycles. The number of hydrogen-bond donors (Lipinski definition) is 2. The Balaban J connectivity index is 2.37. The van der Waals surface area contributed by atoms with E-state index >= 15 is 0 Å². The molecule has 26 heavy (non-hydrogen) atoms. The van der Waals surface area contributed by atoms with Gasteiger partial charge in [-0.2, -0.15) is 13.2 Å². The van der Waals surface area contributed by atoms with Crippen LogP contribution in [0.2, 0.25) is 0 Å². The average molecular weight is 387 g/mol. The Morgan fingerprint density at radius 2 is 1.96 bits per heavy atom. The standard InChI is InChI=1S/C17H16F3NO4S/c1-3-25-15(23)16(24,17(18,19)20)11-6-7-12(10(2)9-11)21-14(22)13-5-4-8-26-13/h4-9,24H,3H2,1-2H3,(H,21,22)/t16-/m1/s1. The van der Waals surface area contributed by atoms with Gasteiger partial charge >= 0.3 is 12.1 Å². The normalized spacial score (nSPS) is 13.8. The number of rotatable bonds is 5. The van der Waals surface area contributed by atoms with Gasteiger partial charge in [-0.25, -0.2) is 4.79 Å². The summed E-state index contributed by atoms with van der Waals surface area (Å²) in [5.41, 5.74) is -3.96. The van der Waals surface area contributed by atoms with Crippen LogP contribution >= 0.6 is 11.3 Å². The lowest BCUT2D eigenvalue weighted by Crippen LogP contribution is -2.50. The molecular weight excluding hydrogens is 371 g/mol. The summed E-state index contributed by atoms with van der Waals surface area (Å²) in [6, 6.07) is 6.42. The highest BCUT2D eigenvalue weighted by Crippen LogP contribution is 2.41. The summed E-state index contributed by atoms with van der Waals surface area (Å²) in [5, 5.41) is 14.4. The van der Waals surface area contributed by atoms with Gasteiger partial charge in [-0.15, -0.1) is 11.3 Å². The molecule has 5 nitrogen and oxygen atoms in total. The summed E-state index contributed by atoms with van der Waals surface area (Å²) in [6.45, 7) is 2.48. The fourth-order valence-corrected chi connectivity index (χ4v) is 2.87. The summed E-state index contributed by atoms with van der Waals surface area (Å²) in [6.07, 6.45) is -5.27. The van der Waals surface area contributed by atoms with Crippen LogP contribution in [0.1, 0.15) is 27.7 Å². The van der Waals surface area contributed by atoms with E-state index in [1.54, 1.807) is 17.5 Å². The topological polar surface area (TPSA) is 75.6 Å². The number of aliphatic hydroxyl groups is 1. The van der Waals surface area contributed by atoms with E-state index < -0.39 is 29.2 Å². The molecule has 2 aromatic rings. The number of carbonyl (C=O) groups excluding carboxylic acids is 2. The number of carbonyl (C=O) groups is 2. The molecule has 0 unspecified atom stereocenters. The maximum atomic E-state index is 13.4. The Labute approximate surface area is 151 Å². The molecule has 0 bridgehead atoms. The molecule has 1 heterocycles. The van der Waals surface area contributed by atoms with Gasteiger partial charge < -0.3 is 15.2 Å². The van der Waals surface area contributed by atoms with Crippen molar-refractivity contribution in [2.75, 3.05) is 11.9 Å². The molecule has 0 saturated carbocycles. The van der Waals surface area contributed by atoms with E-state index in [0.29, 0.717) is 4.88 Å². The summed E-state index contributed by atoms with van der Waals surface area (Å²) >= 11 is 1.21. The monoisotopic (exact) mass is 387 g/mol. The third-order valence-corrected chi connectivity index (χ3v) is 4.49. The molecule has 9 heteroatoms. The molecule has 0 radical (unpaired) electrons. The van der Waals surface area contributed by atoms with Crippen LogP contribution in [0.3, 0.4) is 0 Å². The van der Waals surface area contributed by atoms with Crippen LogP contribution < -0.4 is 5.32 Å². The van der Waals surface area contributed by atoms with Gasteiger partial charge in [0.2, 0.25) is 0 Å². The van der Waals surface area contributed by atoms with Crippen molar-refractivity contribution in [2.24, 2.45) is 0 Å². The van der Waals surface area contributed by atoms with E-state index in [2.05, 4.69) is 10.1 Å². The second-order valence-corrected chi connectivity index (χ2v) is 6.34. The third-order valence-electron chi connectivity index (χ3n) is 3.62. The van der Waals surface area contributed by atoms with E-state index in [4.69, 9.17) is 0 Å². The maximum Gasteiger partial charge on any atom is 0.432 e. The van der Waals surface area contributed by atoms with Gasteiger partial charge in [-0.05, 0) is 36.9 Å². The Morgan fingerprint density at radius 3 is 2.46 bits per heavy atom. The minimum absolute atomic E-state index is 0.249. The van der Waals surface area contributed by atoms with E-state index in [-0.39, 0.29) is 17.9 Å². The van der Waals surface area contributed by atoms with Gasteiger partial charge in [0, 0.05) is 11.3 Å². The molecule has 0 aliphatic heterocycles. The van der Waals surface area contributed by atoms with Gasteiger partial charge in [0.25, 0.3) is 11.5 Å². The number of alkyl halides is 3. The third kappa shape index (κ3) is 3.73. The highest BCUT2D eigenvalue weighted by atomic mass is 32.1. The summed E-state index contributed by atoms with van der Waals surface area (Å²) in [4.78, 5) is 24.3. The smallest absolute Gasteiger partial charge is 0.432 e. The Bertz CT molecular complexity index is 805. The van der Waals surface area contributed by atoms with Crippen LogP contribution in [0.25, 0.3) is 0 Å². The van der Waals surface area contributed by atoms with Crippen molar-refractivity contribution < 1.29 is 32.6 Å². The van der Waals surface area contributed by atoms with Crippen molar-refractivity contribution in [3.8, 4) is 0 Å². The van der Waals surface area contributed by atoms with Crippen LogP contribution in [0, 0.1) is 6.92 Å². The van der Waals surface area contributed by atoms with Gasteiger partial charge in [0.15, 0.2) is 0 Å². The second kappa shape index (κ2) is 7.46. The van der Waals surface area contributed by atoms with E-state index in [9.17, 15) is 27.9 Å². The molecule has 0 saturated heterocycles. The minimum Gasteiger partial charge on any atom is -0.463 e. The number of benzene rings is 1. The minimum atomic E-state index is -5.27. The zero-order valence-electron chi connectivity index (χ0n) is 13.9. The van der Waals surface area contributed by atoms with Crippen LogP contribution in [-0.2, 0) is 15.1 Å². The molecule has 2 N–H and O–H groups in total. The first-order valence-electron chi connectivity index (χ1n) is 7.53. The summed E-state index contributed by atoms with van der Waals surface area (Å²) in [7, 11) is 0. The van der Waals surface area contributed by atoms with Crippen molar-refractivity contribution in [3.63, 3.8) is 0 Å². The van der Waals surface area contributed by atoms with Gasteiger partial charge in [-0.3, -0.25) is 4.79 Å². The van der Waals surface area contributed by atoms with E-state index in [0.717, 1.165) is 12.1 Å². The number of anilines is 1. The zero-order chi connectivity index (χ0) is 19.5. The van der Waals surface area contributed by atoms with Gasteiger partial charge in [-0.1, -0.05) is 18.2 Å². The molecule has 0 spiro atoms. The van der Waals surface area contributed by atoms with Crippen LogP contribution in [0.4, 0.5) is 18.9 Å². The van der Waals surface area contributed by atoms with E-state index in [1.165, 1.54) is 31.3 Å². The van der Waals surface area contributed by atoms with E-state index in [1.807, 2.05) is 0 Å². The Morgan fingerprint density at radius 1 is 1.27 bits per heavy atom. The molecule has 140 valence electrons. The predicted molar refractivity (Wildman–Crippen MR) is 90.0 cm³/mol. The molecule has 1 atom stereocenters. The van der Waals surface area contributed by atoms with Crippen molar-refractivity contribution in [2.45, 2.75) is 25.6 Å². The number of halogens is 3. The van der Waals surface area contributed by atoms with Crippen molar-refractivity contribution >= 4 is 28.9 Å². The van der Waals surface area contributed by atoms with Crippen LogP contribution in [0.15, 0.2) is 35.7 Å². The van der Waals surface area contributed by atoms with Gasteiger partial charge in [0.05, 0.1) is 11.5 Å². The van der Waals surface area contributed by atoms with Crippen molar-refractivity contribution in [1.29, 1.82) is 0 Å². The number of nitrogens with one attached hydrogen (secondary N) is 1. The number of aryl methyl sites for hydroxylation is 1. The molecule has 1 amide bonds. The average Bonchev–Trinajstić information content (AvgIpc) is 3.09. The number of esters is 1. The van der Waals surface area contributed by atoms with Crippen LogP contribution in [0.5, 0.6) is 0 Å². The summed E-state index contributed by atoms with van der Waals surface area (Å²) in [5.74, 6) is -2.21. The Hall–Kier alpha value is -2.39. The SMILES string of the molecule is CCOC(=O)[C@](O)(c1ccc(NC(=O)c2cccs2)c(C)c1)C(F)(F)F. The molecular formula is C17H16F3NO4S. The second-order valence-electron chi connectivity index (χ2n) is 5.39. The fraction of sp³-hybridized carbons (Fsp3) is 0.294. The van der Waals surface area contributed by atoms with Crippen LogP contribution in [-0.4, -0.2) is 29.8 Å². The zero-order valence-corrected chi connectivity index (χ0v) is 14.7. The largest absolute Gasteiger partial charge is 0.463 e. The van der Waals surface area contributed by atoms with Crippen molar-refractivity contribution in [1.82, 2.24) is 0 Å². The Kier molecular flexibility index (Phi) is 5.72. The lowest BCUT2D eigenvalue weighted by atomic mass is 9.91. The lowest BCUT2D eigenvalue weighted by molar-refractivity contribution is -0.267. The quantitative estimate of drug-likeness (QED) is 0.769. The first kappa shape index (κ1) is 19.9. The molecule has 0 aliphatic rings. The predicted octanol–water partition coefficient (Wildman–Crippen LogP) is 3.62. The highest BCUT2D eigenvalue weighted by molar-refractivity contribution is 7.12. The first-order valence-corrected chi connectivity index (χ1v) is 8.41. The first-order chi connectivity index (χ1) is 12.1. The lowest BCUT2D eigenvalue weighted by Gasteiger charge is -2.29. The fourth-order valence-electron chi connectivity index (χ4n) is 2.25. The summed E-state index contributed by atoms with van der Waals surface area (Å²) < 4.78 is 44.5. The maximum absolute atomic E-state index is 13.4. The molecule has 0 fully saturated rings. The number of ether oxygens (including phenoxy) is 1. The highest BCUT2D eigenvalue weighted by Gasteiger charge is 2.62. The molecule has 1 aromatic carbocycles. The van der Waals surface area contributed by atoms with Gasteiger partial charge in [0.1, 0.15) is 0 Å².